The summed E-state index contributed by atoms with van der Waals surface area (Å²) in [4.78, 5) is 13.4. The van der Waals surface area contributed by atoms with E-state index in [0.29, 0.717) is 13.2 Å². The Morgan fingerprint density at radius 2 is 2.15 bits per heavy atom. The number of ether oxygens (including phenoxy) is 2. The first kappa shape index (κ1) is 15.5. The minimum atomic E-state index is -1.11. The molecule has 0 radical (unpaired) electrons. The van der Waals surface area contributed by atoms with E-state index in [2.05, 4.69) is 35.6 Å². The largest absolute Gasteiger partial charge is 0.444 e. The second kappa shape index (κ2) is 6.28. The van der Waals surface area contributed by atoms with Crippen LogP contribution in [0.1, 0.15) is 5.56 Å². The molecule has 0 unspecified atom stereocenters. The lowest BCUT2D eigenvalue weighted by molar-refractivity contribution is 0.110. The summed E-state index contributed by atoms with van der Waals surface area (Å²) < 4.78 is 11.8. The van der Waals surface area contributed by atoms with Crippen LogP contribution in [0, 0.1) is 0 Å². The third kappa shape index (κ3) is 4.07. The van der Waals surface area contributed by atoms with Gasteiger partial charge in [0, 0.05) is 24.7 Å². The molecule has 1 aliphatic heterocycles. The number of hydrogen-bond donors (Lipinski definition) is 0. The van der Waals surface area contributed by atoms with Gasteiger partial charge in [0.15, 0.2) is 0 Å². The molecule has 1 heterocycles. The fraction of sp³-hybridized carbons (Fsp3) is 0.500. The van der Waals surface area contributed by atoms with Crippen LogP contribution in [-0.2, 0) is 16.1 Å². The SMILES string of the molecule is C[Si](C)(C)CCOCN1C(=O)OCc2cc(Br)ccc21. The molecule has 0 atom stereocenters. The predicted octanol–water partition coefficient (Wildman–Crippen LogP) is 4.22. The Morgan fingerprint density at radius 3 is 2.85 bits per heavy atom. The number of nitrogens with zero attached hydrogens (tertiary/aromatic N) is 1. The molecule has 0 aliphatic carbocycles. The number of hydrogen-bond acceptors (Lipinski definition) is 3. The van der Waals surface area contributed by atoms with Crippen molar-refractivity contribution in [3.05, 3.63) is 28.2 Å². The van der Waals surface area contributed by atoms with Crippen LogP contribution in [0.25, 0.3) is 0 Å². The molecular formula is C14H20BrNO3Si. The number of carbonyl (C=O) groups excluding carboxylic acids is 1. The quantitative estimate of drug-likeness (QED) is 0.584. The van der Waals surface area contributed by atoms with E-state index in [0.717, 1.165) is 21.8 Å². The van der Waals surface area contributed by atoms with Gasteiger partial charge in [-0.25, -0.2) is 4.79 Å². The molecule has 4 nitrogen and oxygen atoms in total. The van der Waals surface area contributed by atoms with E-state index < -0.39 is 8.07 Å². The summed E-state index contributed by atoms with van der Waals surface area (Å²) in [5, 5.41) is 0. The smallest absolute Gasteiger partial charge is 0.416 e. The molecule has 0 saturated heterocycles. The molecule has 0 saturated carbocycles. The molecule has 1 aromatic rings. The molecule has 110 valence electrons. The molecule has 20 heavy (non-hydrogen) atoms. The van der Waals surface area contributed by atoms with Gasteiger partial charge in [-0.2, -0.15) is 0 Å². The first-order valence-electron chi connectivity index (χ1n) is 6.67. The maximum absolute atomic E-state index is 11.9. The molecule has 2 rings (SSSR count). The van der Waals surface area contributed by atoms with E-state index in [1.165, 1.54) is 0 Å². The average molecular weight is 358 g/mol. The summed E-state index contributed by atoms with van der Waals surface area (Å²) in [7, 11) is -1.11. The summed E-state index contributed by atoms with van der Waals surface area (Å²) >= 11 is 3.43. The molecular weight excluding hydrogens is 338 g/mol. The second-order valence-electron chi connectivity index (χ2n) is 6.10. The molecule has 1 aliphatic rings. The molecule has 0 N–H and O–H groups in total. The molecule has 0 fully saturated rings. The lowest BCUT2D eigenvalue weighted by Gasteiger charge is -2.29. The third-order valence-corrected chi connectivity index (χ3v) is 5.32. The number of fused-ring (bicyclic) bond motifs is 1. The Morgan fingerprint density at radius 1 is 1.40 bits per heavy atom. The van der Waals surface area contributed by atoms with Crippen LogP contribution in [0.15, 0.2) is 22.7 Å². The van der Waals surface area contributed by atoms with Gasteiger partial charge < -0.3 is 9.47 Å². The van der Waals surface area contributed by atoms with Crippen molar-refractivity contribution >= 4 is 35.8 Å². The van der Waals surface area contributed by atoms with Gasteiger partial charge in [-0.1, -0.05) is 35.6 Å². The zero-order valence-corrected chi connectivity index (χ0v) is 14.7. The van der Waals surface area contributed by atoms with Crippen LogP contribution in [0.5, 0.6) is 0 Å². The molecule has 1 amide bonds. The predicted molar refractivity (Wildman–Crippen MR) is 85.8 cm³/mol. The minimum absolute atomic E-state index is 0.248. The molecule has 0 spiro atoms. The van der Waals surface area contributed by atoms with E-state index in [4.69, 9.17) is 9.47 Å². The minimum Gasteiger partial charge on any atom is -0.444 e. The number of carbonyl (C=O) groups is 1. The zero-order valence-electron chi connectivity index (χ0n) is 12.1. The van der Waals surface area contributed by atoms with Crippen LogP contribution >= 0.6 is 15.9 Å². The Hall–Kier alpha value is -0.853. The van der Waals surface area contributed by atoms with Crippen molar-refractivity contribution in [3.63, 3.8) is 0 Å². The maximum Gasteiger partial charge on any atom is 0.416 e. The van der Waals surface area contributed by atoms with E-state index in [9.17, 15) is 4.79 Å². The Bertz CT molecular complexity index is 502. The first-order valence-corrected chi connectivity index (χ1v) is 11.2. The number of amides is 1. The third-order valence-electron chi connectivity index (χ3n) is 3.12. The highest BCUT2D eigenvalue weighted by molar-refractivity contribution is 9.10. The van der Waals surface area contributed by atoms with Crippen molar-refractivity contribution < 1.29 is 14.3 Å². The van der Waals surface area contributed by atoms with Crippen LogP contribution in [0.3, 0.4) is 0 Å². The summed E-state index contributed by atoms with van der Waals surface area (Å²) in [5.41, 5.74) is 1.87. The number of rotatable bonds is 5. The van der Waals surface area contributed by atoms with Gasteiger partial charge in [-0.05, 0) is 24.2 Å². The van der Waals surface area contributed by atoms with Crippen molar-refractivity contribution in [2.75, 3.05) is 18.2 Å². The number of cyclic esters (lactones) is 1. The van der Waals surface area contributed by atoms with Crippen molar-refractivity contribution in [2.45, 2.75) is 32.3 Å². The van der Waals surface area contributed by atoms with Gasteiger partial charge in [0.1, 0.15) is 13.3 Å². The highest BCUT2D eigenvalue weighted by Crippen LogP contribution is 2.29. The van der Waals surface area contributed by atoms with Gasteiger partial charge in [-0.15, -0.1) is 0 Å². The molecule has 1 aromatic carbocycles. The van der Waals surface area contributed by atoms with Crippen molar-refractivity contribution in [3.8, 4) is 0 Å². The van der Waals surface area contributed by atoms with Crippen molar-refractivity contribution in [2.24, 2.45) is 0 Å². The van der Waals surface area contributed by atoms with Gasteiger partial charge in [0.05, 0.1) is 5.69 Å². The maximum atomic E-state index is 11.9. The standard InChI is InChI=1S/C14H20BrNO3Si/c1-20(2,3)7-6-18-10-16-13-5-4-12(15)8-11(13)9-19-14(16)17/h4-5,8H,6-7,9-10H2,1-3H3. The number of halogens is 1. The van der Waals surface area contributed by atoms with Gasteiger partial charge in [0.2, 0.25) is 0 Å². The zero-order chi connectivity index (χ0) is 14.8. The first-order chi connectivity index (χ1) is 9.37. The van der Waals surface area contributed by atoms with Crippen molar-refractivity contribution in [1.29, 1.82) is 0 Å². The fourth-order valence-electron chi connectivity index (χ4n) is 1.91. The van der Waals surface area contributed by atoms with Crippen LogP contribution in [-0.4, -0.2) is 27.5 Å². The Kier molecular flexibility index (Phi) is 4.88. The van der Waals surface area contributed by atoms with Crippen molar-refractivity contribution in [1.82, 2.24) is 0 Å². The second-order valence-corrected chi connectivity index (χ2v) is 12.6. The monoisotopic (exact) mass is 357 g/mol. The fourth-order valence-corrected chi connectivity index (χ4v) is 3.07. The van der Waals surface area contributed by atoms with Crippen LogP contribution < -0.4 is 4.90 Å². The summed E-state index contributed by atoms with van der Waals surface area (Å²) in [6.45, 7) is 8.16. The van der Waals surface area contributed by atoms with Gasteiger partial charge >= 0.3 is 6.09 Å². The lowest BCUT2D eigenvalue weighted by atomic mass is 10.1. The van der Waals surface area contributed by atoms with E-state index in [-0.39, 0.29) is 12.8 Å². The number of benzene rings is 1. The molecule has 6 heteroatoms. The normalized spacial score (nSPS) is 15.0. The van der Waals surface area contributed by atoms with E-state index in [1.54, 1.807) is 4.90 Å². The Balaban J connectivity index is 1.99. The Labute approximate surface area is 129 Å². The summed E-state index contributed by atoms with van der Waals surface area (Å²) in [6.07, 6.45) is -0.340. The molecule has 0 aromatic heterocycles. The van der Waals surface area contributed by atoms with E-state index in [1.807, 2.05) is 18.2 Å². The highest BCUT2D eigenvalue weighted by Gasteiger charge is 2.26. The lowest BCUT2D eigenvalue weighted by Crippen LogP contribution is -2.38. The summed E-state index contributed by atoms with van der Waals surface area (Å²) in [5.74, 6) is 0. The van der Waals surface area contributed by atoms with Gasteiger partial charge in [-0.3, -0.25) is 4.90 Å². The topological polar surface area (TPSA) is 38.8 Å². The molecule has 0 bridgehead atoms. The average Bonchev–Trinajstić information content (AvgIpc) is 2.35. The van der Waals surface area contributed by atoms with E-state index >= 15 is 0 Å². The summed E-state index contributed by atoms with van der Waals surface area (Å²) in [6, 6.07) is 6.90. The number of anilines is 1. The van der Waals surface area contributed by atoms with Crippen LogP contribution in [0.2, 0.25) is 25.7 Å². The van der Waals surface area contributed by atoms with Crippen LogP contribution in [0.4, 0.5) is 10.5 Å². The van der Waals surface area contributed by atoms with Gasteiger partial charge in [0.25, 0.3) is 0 Å². The highest BCUT2D eigenvalue weighted by atomic mass is 79.9.